The largest absolute Gasteiger partial charge is 0.468 e. The molecule has 1 aliphatic rings. The Morgan fingerprint density at radius 2 is 2.20 bits per heavy atom. The lowest BCUT2D eigenvalue weighted by Crippen LogP contribution is -2.41. The molecule has 0 amide bonds. The van der Waals surface area contributed by atoms with Crippen molar-refractivity contribution < 1.29 is 17.9 Å². The number of sulfonamides is 1. The maximum Gasteiger partial charge on any atom is 0.324 e. The molecule has 1 aromatic rings. The summed E-state index contributed by atoms with van der Waals surface area (Å²) in [5.41, 5.74) is 5.93. The number of esters is 1. The van der Waals surface area contributed by atoms with Gasteiger partial charge in [-0.1, -0.05) is 11.6 Å². The van der Waals surface area contributed by atoms with Crippen molar-refractivity contribution in [1.82, 2.24) is 4.31 Å². The molecule has 1 unspecified atom stereocenters. The summed E-state index contributed by atoms with van der Waals surface area (Å²) in [4.78, 5) is 11.6. The van der Waals surface area contributed by atoms with Crippen LogP contribution >= 0.6 is 11.6 Å². The Labute approximate surface area is 122 Å². The molecule has 8 heteroatoms. The zero-order chi connectivity index (χ0) is 14.9. The lowest BCUT2D eigenvalue weighted by molar-refractivity contribution is -0.144. The van der Waals surface area contributed by atoms with Gasteiger partial charge in [0.1, 0.15) is 10.9 Å². The molecule has 1 aliphatic heterocycles. The normalized spacial score (nSPS) is 20.0. The summed E-state index contributed by atoms with van der Waals surface area (Å²) in [7, 11) is -2.61. The Bertz CT molecular complexity index is 632. The number of halogens is 1. The van der Waals surface area contributed by atoms with Crippen LogP contribution in [0.25, 0.3) is 0 Å². The van der Waals surface area contributed by atoms with Crippen molar-refractivity contribution in [2.75, 3.05) is 19.4 Å². The van der Waals surface area contributed by atoms with E-state index in [0.717, 1.165) is 4.31 Å². The van der Waals surface area contributed by atoms with Gasteiger partial charge in [0.15, 0.2) is 0 Å². The van der Waals surface area contributed by atoms with E-state index >= 15 is 0 Å². The third-order valence-electron chi connectivity index (χ3n) is 3.22. The van der Waals surface area contributed by atoms with Crippen molar-refractivity contribution in [3.8, 4) is 0 Å². The topological polar surface area (TPSA) is 89.7 Å². The van der Waals surface area contributed by atoms with Crippen LogP contribution in [-0.4, -0.2) is 38.4 Å². The Morgan fingerprint density at radius 3 is 2.80 bits per heavy atom. The molecule has 2 rings (SSSR count). The molecule has 1 fully saturated rings. The maximum atomic E-state index is 12.6. The number of nitrogens with zero attached hydrogens (tertiary/aromatic N) is 1. The molecule has 0 aromatic heterocycles. The molecular weight excluding hydrogens is 304 g/mol. The van der Waals surface area contributed by atoms with Gasteiger partial charge in [-0.15, -0.1) is 0 Å². The highest BCUT2D eigenvalue weighted by atomic mass is 35.5. The second kappa shape index (κ2) is 5.59. The molecule has 1 heterocycles. The number of carbonyl (C=O) groups excluding carboxylic acids is 1. The highest BCUT2D eigenvalue weighted by Crippen LogP contribution is 2.31. The van der Waals surface area contributed by atoms with Gasteiger partial charge in [-0.25, -0.2) is 8.42 Å². The van der Waals surface area contributed by atoms with Crippen LogP contribution in [0.2, 0.25) is 5.02 Å². The van der Waals surface area contributed by atoms with E-state index in [9.17, 15) is 13.2 Å². The second-order valence-corrected chi connectivity index (χ2v) is 6.75. The first-order valence-electron chi connectivity index (χ1n) is 6.02. The van der Waals surface area contributed by atoms with Gasteiger partial charge in [0.2, 0.25) is 10.0 Å². The number of rotatable bonds is 3. The van der Waals surface area contributed by atoms with Gasteiger partial charge in [-0.3, -0.25) is 4.79 Å². The molecule has 1 saturated heterocycles. The lowest BCUT2D eigenvalue weighted by atomic mass is 10.2. The smallest absolute Gasteiger partial charge is 0.324 e. The summed E-state index contributed by atoms with van der Waals surface area (Å²) in [6, 6.07) is 3.39. The first kappa shape index (κ1) is 15.1. The van der Waals surface area contributed by atoms with Crippen LogP contribution in [0.1, 0.15) is 12.8 Å². The fraction of sp³-hybridized carbons (Fsp3) is 0.417. The van der Waals surface area contributed by atoms with E-state index in [0.29, 0.717) is 18.5 Å². The Hall–Kier alpha value is -1.31. The van der Waals surface area contributed by atoms with Crippen molar-refractivity contribution in [2.45, 2.75) is 23.8 Å². The fourth-order valence-corrected chi connectivity index (χ4v) is 4.43. The third-order valence-corrected chi connectivity index (χ3v) is 5.61. The molecule has 0 spiro atoms. The van der Waals surface area contributed by atoms with Gasteiger partial charge in [0.05, 0.1) is 12.1 Å². The number of carbonyl (C=O) groups is 1. The fourth-order valence-electron chi connectivity index (χ4n) is 2.25. The third kappa shape index (κ3) is 2.61. The summed E-state index contributed by atoms with van der Waals surface area (Å²) in [6.07, 6.45) is 1.05. The Kier molecular flexibility index (Phi) is 4.22. The Morgan fingerprint density at radius 1 is 1.50 bits per heavy atom. The number of ether oxygens (including phenoxy) is 1. The predicted octanol–water partition coefficient (Wildman–Crippen LogP) is 1.25. The number of benzene rings is 1. The van der Waals surface area contributed by atoms with Crippen LogP contribution in [0.15, 0.2) is 23.1 Å². The van der Waals surface area contributed by atoms with E-state index in [2.05, 4.69) is 4.74 Å². The van der Waals surface area contributed by atoms with Crippen LogP contribution in [0.3, 0.4) is 0 Å². The number of anilines is 1. The highest BCUT2D eigenvalue weighted by Gasteiger charge is 2.40. The van der Waals surface area contributed by atoms with E-state index in [4.69, 9.17) is 17.3 Å². The molecule has 1 aromatic carbocycles. The SMILES string of the molecule is COC(=O)C1CCCN1S(=O)(=O)c1ccc(N)cc1Cl. The number of hydrogen-bond acceptors (Lipinski definition) is 5. The number of hydrogen-bond donors (Lipinski definition) is 1. The number of nitrogen functional groups attached to an aromatic ring is 1. The zero-order valence-corrected chi connectivity index (χ0v) is 12.4. The summed E-state index contributed by atoms with van der Waals surface area (Å²) in [5.74, 6) is -0.558. The number of methoxy groups -OCH3 is 1. The van der Waals surface area contributed by atoms with E-state index in [1.54, 1.807) is 0 Å². The first-order valence-corrected chi connectivity index (χ1v) is 7.84. The minimum atomic E-state index is -3.85. The minimum Gasteiger partial charge on any atom is -0.468 e. The molecule has 0 radical (unpaired) electrons. The van der Waals surface area contributed by atoms with Crippen LogP contribution in [0.5, 0.6) is 0 Å². The van der Waals surface area contributed by atoms with Crippen molar-refractivity contribution in [1.29, 1.82) is 0 Å². The zero-order valence-electron chi connectivity index (χ0n) is 10.9. The van der Waals surface area contributed by atoms with Gasteiger partial charge in [-0.2, -0.15) is 4.31 Å². The average Bonchev–Trinajstić information content (AvgIpc) is 2.87. The van der Waals surface area contributed by atoms with Crippen LogP contribution < -0.4 is 5.73 Å². The van der Waals surface area contributed by atoms with E-state index in [1.807, 2.05) is 0 Å². The standard InChI is InChI=1S/C12H15ClN2O4S/c1-19-12(16)10-3-2-6-15(10)20(17,18)11-5-4-8(14)7-9(11)13/h4-5,7,10H,2-3,6,14H2,1H3. The van der Waals surface area contributed by atoms with E-state index in [-0.39, 0.29) is 16.5 Å². The van der Waals surface area contributed by atoms with Crippen LogP contribution in [-0.2, 0) is 19.6 Å². The summed E-state index contributed by atoms with van der Waals surface area (Å²) < 4.78 is 31.0. The monoisotopic (exact) mass is 318 g/mol. The predicted molar refractivity (Wildman–Crippen MR) is 74.8 cm³/mol. The van der Waals surface area contributed by atoms with Gasteiger partial charge in [0.25, 0.3) is 0 Å². The van der Waals surface area contributed by atoms with Gasteiger partial charge < -0.3 is 10.5 Å². The van der Waals surface area contributed by atoms with Crippen molar-refractivity contribution in [2.24, 2.45) is 0 Å². The van der Waals surface area contributed by atoms with Gasteiger partial charge in [-0.05, 0) is 31.0 Å². The molecular formula is C12H15ClN2O4S. The maximum absolute atomic E-state index is 12.6. The van der Waals surface area contributed by atoms with Gasteiger partial charge >= 0.3 is 5.97 Å². The first-order chi connectivity index (χ1) is 9.37. The van der Waals surface area contributed by atoms with E-state index < -0.39 is 22.0 Å². The molecule has 110 valence electrons. The van der Waals surface area contributed by atoms with Crippen molar-refractivity contribution in [3.63, 3.8) is 0 Å². The Balaban J connectivity index is 2.41. The summed E-state index contributed by atoms with van der Waals surface area (Å²) >= 11 is 5.95. The van der Waals surface area contributed by atoms with Crippen LogP contribution in [0, 0.1) is 0 Å². The molecule has 0 saturated carbocycles. The average molecular weight is 319 g/mol. The molecule has 2 N–H and O–H groups in total. The van der Waals surface area contributed by atoms with E-state index in [1.165, 1.54) is 25.3 Å². The highest BCUT2D eigenvalue weighted by molar-refractivity contribution is 7.89. The summed E-state index contributed by atoms with van der Waals surface area (Å²) in [5, 5.41) is 0.0421. The quantitative estimate of drug-likeness (QED) is 0.669. The summed E-state index contributed by atoms with van der Waals surface area (Å²) in [6.45, 7) is 0.267. The van der Waals surface area contributed by atoms with Crippen molar-refractivity contribution >= 4 is 33.3 Å². The second-order valence-electron chi connectivity index (χ2n) is 4.49. The molecule has 0 aliphatic carbocycles. The lowest BCUT2D eigenvalue weighted by Gasteiger charge is -2.22. The van der Waals surface area contributed by atoms with Gasteiger partial charge in [0, 0.05) is 12.2 Å². The molecule has 6 nitrogen and oxygen atoms in total. The number of nitrogens with two attached hydrogens (primary N) is 1. The van der Waals surface area contributed by atoms with Crippen LogP contribution in [0.4, 0.5) is 5.69 Å². The minimum absolute atomic E-state index is 0.0421. The molecule has 0 bridgehead atoms. The molecule has 20 heavy (non-hydrogen) atoms. The van der Waals surface area contributed by atoms with Crippen molar-refractivity contribution in [3.05, 3.63) is 23.2 Å². The molecule has 1 atom stereocenters.